The maximum Gasteiger partial charge on any atom is 0.0686 e. The third-order valence-corrected chi connectivity index (χ3v) is 5.44. The number of rotatable bonds is 3. The minimum atomic E-state index is -1.09. The van der Waals surface area contributed by atoms with E-state index in [-0.39, 0.29) is 0 Å². The molecular formula is C15H28Si2. The van der Waals surface area contributed by atoms with Gasteiger partial charge in [-0.2, -0.15) is 0 Å². The summed E-state index contributed by atoms with van der Waals surface area (Å²) in [5.41, 5.74) is 8.49. The molecule has 0 saturated heterocycles. The van der Waals surface area contributed by atoms with E-state index in [0.717, 1.165) is 0 Å². The van der Waals surface area contributed by atoms with E-state index in [4.69, 9.17) is 0 Å². The summed E-state index contributed by atoms with van der Waals surface area (Å²) in [6.07, 6.45) is 4.59. The van der Waals surface area contributed by atoms with E-state index >= 15 is 0 Å². The van der Waals surface area contributed by atoms with E-state index in [1.807, 2.05) is 0 Å². The minimum Gasteiger partial charge on any atom is -0.102 e. The van der Waals surface area contributed by atoms with Crippen molar-refractivity contribution in [2.24, 2.45) is 5.92 Å². The SMILES string of the molecule is C=CC1C/C(=C/[Si](C)(C)C)C/C1=C/[Si](C)(C)C. The molecule has 0 aromatic heterocycles. The molecular weight excluding hydrogens is 236 g/mol. The first-order valence-corrected chi connectivity index (χ1v) is 13.8. The van der Waals surface area contributed by atoms with Crippen LogP contribution >= 0.6 is 0 Å². The van der Waals surface area contributed by atoms with Gasteiger partial charge in [0.25, 0.3) is 0 Å². The molecule has 0 bridgehead atoms. The normalized spacial score (nSPS) is 26.8. The van der Waals surface area contributed by atoms with Crippen molar-refractivity contribution < 1.29 is 0 Å². The second-order valence-electron chi connectivity index (χ2n) is 7.48. The molecule has 0 radical (unpaired) electrons. The summed E-state index contributed by atoms with van der Waals surface area (Å²) >= 11 is 0. The van der Waals surface area contributed by atoms with E-state index < -0.39 is 16.1 Å². The zero-order chi connectivity index (χ0) is 13.3. The minimum absolute atomic E-state index is 0.615. The van der Waals surface area contributed by atoms with Gasteiger partial charge in [0.15, 0.2) is 0 Å². The van der Waals surface area contributed by atoms with Crippen molar-refractivity contribution in [2.75, 3.05) is 0 Å². The molecule has 1 aliphatic rings. The van der Waals surface area contributed by atoms with E-state index in [2.05, 4.69) is 63.3 Å². The highest BCUT2D eigenvalue weighted by Crippen LogP contribution is 2.37. The van der Waals surface area contributed by atoms with Crippen molar-refractivity contribution in [1.29, 1.82) is 0 Å². The van der Waals surface area contributed by atoms with Crippen LogP contribution in [0.1, 0.15) is 12.8 Å². The fourth-order valence-corrected chi connectivity index (χ4v) is 5.42. The third-order valence-electron chi connectivity index (χ3n) is 2.93. The van der Waals surface area contributed by atoms with Gasteiger partial charge in [-0.05, 0) is 12.8 Å². The van der Waals surface area contributed by atoms with E-state index in [0.29, 0.717) is 5.92 Å². The Bertz CT molecular complexity index is 348. The highest BCUT2D eigenvalue weighted by molar-refractivity contribution is 6.81. The summed E-state index contributed by atoms with van der Waals surface area (Å²) in [5, 5.41) is 0. The van der Waals surface area contributed by atoms with Gasteiger partial charge < -0.3 is 0 Å². The molecule has 0 aliphatic heterocycles. The third kappa shape index (κ3) is 5.22. The molecule has 0 nitrogen and oxygen atoms in total. The Labute approximate surface area is 110 Å². The van der Waals surface area contributed by atoms with Gasteiger partial charge in [0.2, 0.25) is 0 Å². The lowest BCUT2D eigenvalue weighted by Gasteiger charge is -2.14. The molecule has 1 saturated carbocycles. The highest BCUT2D eigenvalue weighted by Gasteiger charge is 2.25. The van der Waals surface area contributed by atoms with Gasteiger partial charge in [-0.15, -0.1) is 6.58 Å². The van der Waals surface area contributed by atoms with E-state index in [1.54, 1.807) is 11.1 Å². The molecule has 1 aliphatic carbocycles. The van der Waals surface area contributed by atoms with Crippen LogP contribution in [-0.4, -0.2) is 16.1 Å². The molecule has 0 N–H and O–H groups in total. The van der Waals surface area contributed by atoms with Crippen molar-refractivity contribution in [3.8, 4) is 0 Å². The van der Waals surface area contributed by atoms with Crippen LogP contribution in [0.3, 0.4) is 0 Å². The number of allylic oxidation sites excluding steroid dienone is 3. The molecule has 1 fully saturated rings. The Hall–Kier alpha value is -0.346. The predicted octanol–water partition coefficient (Wildman–Crippen LogP) is 5.19. The monoisotopic (exact) mass is 264 g/mol. The Morgan fingerprint density at radius 3 is 1.94 bits per heavy atom. The second kappa shape index (κ2) is 5.11. The van der Waals surface area contributed by atoms with Crippen LogP contribution < -0.4 is 0 Å². The summed E-state index contributed by atoms with van der Waals surface area (Å²) in [6.45, 7) is 18.5. The van der Waals surface area contributed by atoms with Crippen LogP contribution in [0.25, 0.3) is 0 Å². The van der Waals surface area contributed by atoms with Gasteiger partial charge >= 0.3 is 0 Å². The molecule has 0 heterocycles. The van der Waals surface area contributed by atoms with Crippen molar-refractivity contribution in [3.63, 3.8) is 0 Å². The maximum atomic E-state index is 4.01. The van der Waals surface area contributed by atoms with E-state index in [1.165, 1.54) is 12.8 Å². The van der Waals surface area contributed by atoms with Gasteiger partial charge in [-0.25, -0.2) is 0 Å². The molecule has 96 valence electrons. The zero-order valence-corrected chi connectivity index (χ0v) is 14.4. The molecule has 0 aromatic carbocycles. The summed E-state index contributed by atoms with van der Waals surface area (Å²) in [4.78, 5) is 0. The number of hydrogen-bond acceptors (Lipinski definition) is 0. The van der Waals surface area contributed by atoms with Crippen molar-refractivity contribution in [1.82, 2.24) is 0 Å². The Balaban J connectivity index is 2.94. The quantitative estimate of drug-likeness (QED) is 0.486. The molecule has 1 unspecified atom stereocenters. The summed E-state index contributed by atoms with van der Waals surface area (Å²) in [5.74, 6) is 0.615. The van der Waals surface area contributed by atoms with Gasteiger partial charge in [-0.3, -0.25) is 0 Å². The van der Waals surface area contributed by atoms with Crippen LogP contribution in [0, 0.1) is 5.92 Å². The predicted molar refractivity (Wildman–Crippen MR) is 85.8 cm³/mol. The first-order chi connectivity index (χ1) is 7.61. The molecule has 1 rings (SSSR count). The maximum absolute atomic E-state index is 4.01. The molecule has 17 heavy (non-hydrogen) atoms. The van der Waals surface area contributed by atoms with Crippen LogP contribution in [-0.2, 0) is 0 Å². The molecule has 0 spiro atoms. The summed E-state index contributed by atoms with van der Waals surface area (Å²) in [6, 6.07) is 0. The smallest absolute Gasteiger partial charge is 0.0686 e. The topological polar surface area (TPSA) is 0 Å². The average Bonchev–Trinajstić information content (AvgIpc) is 2.40. The van der Waals surface area contributed by atoms with Crippen LogP contribution in [0.4, 0.5) is 0 Å². The average molecular weight is 265 g/mol. The van der Waals surface area contributed by atoms with Crippen molar-refractivity contribution in [3.05, 3.63) is 35.2 Å². The lowest BCUT2D eigenvalue weighted by molar-refractivity contribution is 0.831. The molecule has 0 aromatic rings. The highest BCUT2D eigenvalue weighted by atomic mass is 28.3. The Kier molecular flexibility index (Phi) is 4.42. The summed E-state index contributed by atoms with van der Waals surface area (Å²) in [7, 11) is -2.16. The summed E-state index contributed by atoms with van der Waals surface area (Å²) < 4.78 is 0. The van der Waals surface area contributed by atoms with Crippen molar-refractivity contribution >= 4 is 16.1 Å². The fraction of sp³-hybridized carbons (Fsp3) is 0.600. The molecule has 0 amide bonds. The number of hydrogen-bond donors (Lipinski definition) is 0. The largest absolute Gasteiger partial charge is 0.102 e. The fourth-order valence-electron chi connectivity index (χ4n) is 2.55. The standard InChI is InChI=1S/C15H28Si2/c1-8-14-9-13(11-16(2,3)4)10-15(14)12-17(5,6)7/h8,11-12,14H,1,9-10H2,2-7H3/b13-11-,15-12-. The molecule has 1 atom stereocenters. The van der Waals surface area contributed by atoms with Crippen LogP contribution in [0.2, 0.25) is 39.3 Å². The van der Waals surface area contributed by atoms with Crippen LogP contribution in [0.5, 0.6) is 0 Å². The van der Waals surface area contributed by atoms with Gasteiger partial charge in [0.05, 0.1) is 16.1 Å². The lowest BCUT2D eigenvalue weighted by atomic mass is 10.1. The van der Waals surface area contributed by atoms with E-state index in [9.17, 15) is 0 Å². The Morgan fingerprint density at radius 1 is 1.00 bits per heavy atom. The van der Waals surface area contributed by atoms with Gasteiger partial charge in [0.1, 0.15) is 0 Å². The zero-order valence-electron chi connectivity index (χ0n) is 12.4. The Morgan fingerprint density at radius 2 is 1.53 bits per heavy atom. The first-order valence-electron chi connectivity index (χ1n) is 6.65. The van der Waals surface area contributed by atoms with Gasteiger partial charge in [-0.1, -0.05) is 67.9 Å². The second-order valence-corrected chi connectivity index (χ2v) is 17.5. The lowest BCUT2D eigenvalue weighted by Crippen LogP contribution is -2.17. The van der Waals surface area contributed by atoms with Crippen molar-refractivity contribution in [2.45, 2.75) is 52.1 Å². The van der Waals surface area contributed by atoms with Gasteiger partial charge in [0, 0.05) is 5.92 Å². The van der Waals surface area contributed by atoms with Crippen LogP contribution in [0.15, 0.2) is 35.2 Å². The molecule has 2 heteroatoms. The first kappa shape index (κ1) is 14.7.